The van der Waals surface area contributed by atoms with Crippen LogP contribution in [0, 0.1) is 0 Å². The summed E-state index contributed by atoms with van der Waals surface area (Å²) in [4.78, 5) is 35.3. The highest BCUT2D eigenvalue weighted by molar-refractivity contribution is 5.92. The van der Waals surface area contributed by atoms with Crippen molar-refractivity contribution in [3.63, 3.8) is 0 Å². The van der Waals surface area contributed by atoms with E-state index in [9.17, 15) is 9.59 Å². The van der Waals surface area contributed by atoms with Crippen LogP contribution < -0.4 is 10.2 Å². The lowest BCUT2D eigenvalue weighted by Gasteiger charge is -2.33. The lowest BCUT2D eigenvalue weighted by molar-refractivity contribution is -0.118. The van der Waals surface area contributed by atoms with Crippen LogP contribution in [0.4, 0.5) is 5.82 Å². The van der Waals surface area contributed by atoms with Crippen molar-refractivity contribution in [1.29, 1.82) is 0 Å². The first-order chi connectivity index (χ1) is 12.3. The molecular weight excluding hydrogens is 318 g/mol. The first kappa shape index (κ1) is 17.4. The standard InChI is InChI=1S/C18H25N5O2/c24-14-22-8-10-23(11-9-22)17-12-16(20-13-21-17)18(25)19-7-6-15-4-2-1-3-5-15/h4,12-14H,1-3,5-11H2,(H,19,25). The summed E-state index contributed by atoms with van der Waals surface area (Å²) in [6.07, 6.45) is 10.4. The van der Waals surface area contributed by atoms with Crippen LogP contribution in [0.2, 0.25) is 0 Å². The summed E-state index contributed by atoms with van der Waals surface area (Å²) in [5.74, 6) is 0.576. The van der Waals surface area contributed by atoms with Crippen molar-refractivity contribution in [1.82, 2.24) is 20.2 Å². The average Bonchev–Trinajstić information content (AvgIpc) is 2.69. The van der Waals surface area contributed by atoms with E-state index in [-0.39, 0.29) is 5.91 Å². The monoisotopic (exact) mass is 343 g/mol. The Morgan fingerprint density at radius 3 is 2.76 bits per heavy atom. The number of hydrogen-bond acceptors (Lipinski definition) is 5. The highest BCUT2D eigenvalue weighted by Crippen LogP contribution is 2.19. The third kappa shape index (κ3) is 4.78. The van der Waals surface area contributed by atoms with Crippen molar-refractivity contribution >= 4 is 18.1 Å². The molecule has 0 atom stereocenters. The van der Waals surface area contributed by atoms with Crippen LogP contribution in [0.1, 0.15) is 42.6 Å². The molecule has 1 aliphatic heterocycles. The topological polar surface area (TPSA) is 78.4 Å². The van der Waals surface area contributed by atoms with Crippen LogP contribution in [-0.2, 0) is 4.79 Å². The van der Waals surface area contributed by atoms with Crippen LogP contribution in [0.15, 0.2) is 24.0 Å². The predicted octanol–water partition coefficient (Wildman–Crippen LogP) is 1.38. The van der Waals surface area contributed by atoms with Gasteiger partial charge in [0.25, 0.3) is 5.91 Å². The predicted molar refractivity (Wildman–Crippen MR) is 95.4 cm³/mol. The van der Waals surface area contributed by atoms with Crippen LogP contribution in [0.25, 0.3) is 0 Å². The van der Waals surface area contributed by atoms with E-state index in [0.717, 1.165) is 31.5 Å². The zero-order valence-electron chi connectivity index (χ0n) is 14.5. The highest BCUT2D eigenvalue weighted by atomic mass is 16.2. The fourth-order valence-corrected chi connectivity index (χ4v) is 3.26. The number of amides is 2. The third-order valence-electron chi connectivity index (χ3n) is 4.79. The molecule has 3 rings (SSSR count). The maximum atomic E-state index is 12.3. The molecule has 2 amide bonds. The summed E-state index contributed by atoms with van der Waals surface area (Å²) in [6, 6.07) is 1.73. The molecule has 7 nitrogen and oxygen atoms in total. The number of nitrogens with one attached hydrogen (secondary N) is 1. The summed E-state index contributed by atoms with van der Waals surface area (Å²) in [6.45, 7) is 3.41. The Labute approximate surface area is 148 Å². The number of aromatic nitrogens is 2. The van der Waals surface area contributed by atoms with Gasteiger partial charge in [0.2, 0.25) is 6.41 Å². The Hall–Kier alpha value is -2.44. The zero-order chi connectivity index (χ0) is 17.5. The molecule has 1 N–H and O–H groups in total. The quantitative estimate of drug-likeness (QED) is 0.623. The SMILES string of the molecule is O=CN1CCN(c2cc(C(=O)NCCC3=CCCCC3)ncn2)CC1. The molecule has 0 unspecified atom stereocenters. The van der Waals surface area contributed by atoms with E-state index in [1.54, 1.807) is 11.0 Å². The van der Waals surface area contributed by atoms with Gasteiger partial charge in [-0.2, -0.15) is 0 Å². The van der Waals surface area contributed by atoms with Gasteiger partial charge in [0.15, 0.2) is 0 Å². The minimum Gasteiger partial charge on any atom is -0.353 e. The largest absolute Gasteiger partial charge is 0.353 e. The van der Waals surface area contributed by atoms with Gasteiger partial charge in [-0.3, -0.25) is 9.59 Å². The highest BCUT2D eigenvalue weighted by Gasteiger charge is 2.18. The Balaban J connectivity index is 1.52. The van der Waals surface area contributed by atoms with E-state index in [2.05, 4.69) is 26.3 Å². The van der Waals surface area contributed by atoms with Crippen LogP contribution >= 0.6 is 0 Å². The summed E-state index contributed by atoms with van der Waals surface area (Å²) in [5.41, 5.74) is 1.84. The van der Waals surface area contributed by atoms with Crippen LogP contribution in [0.5, 0.6) is 0 Å². The molecule has 2 heterocycles. The maximum absolute atomic E-state index is 12.3. The number of rotatable bonds is 6. The average molecular weight is 343 g/mol. The lowest BCUT2D eigenvalue weighted by Crippen LogP contribution is -2.46. The maximum Gasteiger partial charge on any atom is 0.270 e. The Morgan fingerprint density at radius 2 is 2.04 bits per heavy atom. The first-order valence-electron chi connectivity index (χ1n) is 8.99. The molecular formula is C18H25N5O2. The third-order valence-corrected chi connectivity index (χ3v) is 4.79. The molecule has 0 spiro atoms. The Morgan fingerprint density at radius 1 is 1.20 bits per heavy atom. The van der Waals surface area contributed by atoms with E-state index in [0.29, 0.717) is 38.4 Å². The summed E-state index contributed by atoms with van der Waals surface area (Å²) >= 11 is 0. The van der Waals surface area contributed by atoms with Crippen LogP contribution in [0.3, 0.4) is 0 Å². The second-order valence-corrected chi connectivity index (χ2v) is 6.50. The van der Waals surface area contributed by atoms with Crippen molar-refractivity contribution < 1.29 is 9.59 Å². The first-order valence-corrected chi connectivity index (χ1v) is 8.99. The summed E-state index contributed by atoms with van der Waals surface area (Å²) in [7, 11) is 0. The van der Waals surface area contributed by atoms with Gasteiger partial charge in [-0.25, -0.2) is 9.97 Å². The number of allylic oxidation sites excluding steroid dienone is 1. The molecule has 7 heteroatoms. The van der Waals surface area contributed by atoms with E-state index in [1.807, 2.05) is 0 Å². The number of carbonyl (C=O) groups is 2. The molecule has 25 heavy (non-hydrogen) atoms. The van der Waals surface area contributed by atoms with E-state index in [1.165, 1.54) is 24.7 Å². The molecule has 1 aromatic rings. The second-order valence-electron chi connectivity index (χ2n) is 6.50. The molecule has 0 bridgehead atoms. The van der Waals surface area contributed by atoms with Crippen molar-refractivity contribution in [2.45, 2.75) is 32.1 Å². The summed E-state index contributed by atoms with van der Waals surface area (Å²) < 4.78 is 0. The van der Waals surface area contributed by atoms with Gasteiger partial charge >= 0.3 is 0 Å². The molecule has 1 fully saturated rings. The van der Waals surface area contributed by atoms with E-state index >= 15 is 0 Å². The molecule has 0 radical (unpaired) electrons. The molecule has 0 saturated carbocycles. The number of hydrogen-bond donors (Lipinski definition) is 1. The zero-order valence-corrected chi connectivity index (χ0v) is 14.5. The van der Waals surface area contributed by atoms with Gasteiger partial charge in [0.1, 0.15) is 17.8 Å². The van der Waals surface area contributed by atoms with Crippen molar-refractivity contribution in [2.24, 2.45) is 0 Å². The molecule has 134 valence electrons. The van der Waals surface area contributed by atoms with Crippen molar-refractivity contribution in [2.75, 3.05) is 37.6 Å². The van der Waals surface area contributed by atoms with Crippen molar-refractivity contribution in [3.05, 3.63) is 29.7 Å². The van der Waals surface area contributed by atoms with Gasteiger partial charge < -0.3 is 15.1 Å². The molecule has 0 aromatic carbocycles. The van der Waals surface area contributed by atoms with Gasteiger partial charge in [-0.1, -0.05) is 11.6 Å². The normalized spacial score (nSPS) is 17.8. The minimum atomic E-state index is -0.161. The van der Waals surface area contributed by atoms with Gasteiger partial charge in [-0.05, 0) is 32.1 Å². The number of nitrogens with zero attached hydrogens (tertiary/aromatic N) is 4. The number of carbonyl (C=O) groups excluding carboxylic acids is 2. The molecule has 2 aliphatic rings. The summed E-state index contributed by atoms with van der Waals surface area (Å²) in [5, 5.41) is 2.95. The molecule has 1 aliphatic carbocycles. The van der Waals surface area contributed by atoms with Gasteiger partial charge in [0, 0.05) is 38.8 Å². The number of piperazine rings is 1. The fraction of sp³-hybridized carbons (Fsp3) is 0.556. The molecule has 1 aromatic heterocycles. The Bertz CT molecular complexity index is 638. The minimum absolute atomic E-state index is 0.161. The lowest BCUT2D eigenvalue weighted by atomic mass is 9.97. The van der Waals surface area contributed by atoms with Gasteiger partial charge in [0.05, 0.1) is 0 Å². The number of anilines is 1. The Kier molecular flexibility index (Phi) is 5.98. The molecule has 1 saturated heterocycles. The van der Waals surface area contributed by atoms with E-state index in [4.69, 9.17) is 0 Å². The van der Waals surface area contributed by atoms with Crippen LogP contribution in [-0.4, -0.2) is 59.9 Å². The second kappa shape index (κ2) is 8.60. The fourth-order valence-electron chi connectivity index (χ4n) is 3.26. The van der Waals surface area contributed by atoms with Gasteiger partial charge in [-0.15, -0.1) is 0 Å². The van der Waals surface area contributed by atoms with Crippen molar-refractivity contribution in [3.8, 4) is 0 Å². The smallest absolute Gasteiger partial charge is 0.270 e. The van der Waals surface area contributed by atoms with E-state index < -0.39 is 0 Å².